The fourth-order valence-corrected chi connectivity index (χ4v) is 2.68. The first-order valence-corrected chi connectivity index (χ1v) is 7.43. The first-order chi connectivity index (χ1) is 9.72. The lowest BCUT2D eigenvalue weighted by molar-refractivity contribution is 0.0531. The molecule has 1 aliphatic heterocycles. The summed E-state index contributed by atoms with van der Waals surface area (Å²) in [6.07, 6.45) is 0.261. The summed E-state index contributed by atoms with van der Waals surface area (Å²) < 4.78 is 10.7. The summed E-state index contributed by atoms with van der Waals surface area (Å²) in [4.78, 5) is 2.35. The van der Waals surface area contributed by atoms with Gasteiger partial charge in [0.15, 0.2) is 0 Å². The lowest BCUT2D eigenvalue weighted by Gasteiger charge is -2.34. The van der Waals surface area contributed by atoms with E-state index in [0.29, 0.717) is 6.61 Å². The van der Waals surface area contributed by atoms with Crippen molar-refractivity contribution in [1.29, 1.82) is 0 Å². The predicted molar refractivity (Wildman–Crippen MR) is 82.7 cm³/mol. The molecular weight excluding hydrogens is 276 g/mol. The van der Waals surface area contributed by atoms with Crippen LogP contribution in [-0.4, -0.2) is 46.1 Å². The topological polar surface area (TPSA) is 33.7 Å². The molecule has 0 radical (unpaired) electrons. The fourth-order valence-electron chi connectivity index (χ4n) is 2.44. The number of anilines is 1. The van der Waals surface area contributed by atoms with Crippen LogP contribution in [0.3, 0.4) is 0 Å². The maximum atomic E-state index is 6.37. The third-order valence-corrected chi connectivity index (χ3v) is 3.81. The molecule has 0 aliphatic carbocycles. The van der Waals surface area contributed by atoms with Crippen LogP contribution < -0.4 is 10.2 Å². The molecule has 1 fully saturated rings. The summed E-state index contributed by atoms with van der Waals surface area (Å²) in [5.74, 6) is 0. The van der Waals surface area contributed by atoms with Crippen LogP contribution in [0, 0.1) is 0 Å². The van der Waals surface area contributed by atoms with Crippen LogP contribution in [0.4, 0.5) is 5.69 Å². The van der Waals surface area contributed by atoms with Gasteiger partial charge in [-0.25, -0.2) is 0 Å². The van der Waals surface area contributed by atoms with Gasteiger partial charge in [-0.15, -0.1) is 0 Å². The number of nitrogens with one attached hydrogen (secondary N) is 1. The van der Waals surface area contributed by atoms with E-state index in [0.717, 1.165) is 43.4 Å². The molecular formula is C15H23ClN2O2. The van der Waals surface area contributed by atoms with Crippen molar-refractivity contribution in [2.24, 2.45) is 0 Å². The second-order valence-corrected chi connectivity index (χ2v) is 5.44. The van der Waals surface area contributed by atoms with E-state index in [-0.39, 0.29) is 6.10 Å². The second-order valence-electron chi connectivity index (χ2n) is 5.03. The Hall–Kier alpha value is -0.810. The van der Waals surface area contributed by atoms with Gasteiger partial charge in [-0.3, -0.25) is 0 Å². The number of hydrogen-bond acceptors (Lipinski definition) is 4. The number of ether oxygens (including phenoxy) is 2. The number of benzene rings is 1. The highest BCUT2D eigenvalue weighted by molar-refractivity contribution is 6.31. The first-order valence-electron chi connectivity index (χ1n) is 7.06. The van der Waals surface area contributed by atoms with Crippen molar-refractivity contribution in [1.82, 2.24) is 5.32 Å². The van der Waals surface area contributed by atoms with Crippen molar-refractivity contribution in [3.8, 4) is 0 Å². The molecule has 1 atom stereocenters. The highest BCUT2D eigenvalue weighted by Gasteiger charge is 2.20. The third kappa shape index (κ3) is 4.09. The molecule has 0 saturated carbocycles. The van der Waals surface area contributed by atoms with E-state index in [4.69, 9.17) is 21.1 Å². The van der Waals surface area contributed by atoms with Gasteiger partial charge in [0.05, 0.1) is 19.3 Å². The Balaban J connectivity index is 2.09. The molecule has 1 aromatic rings. The molecule has 1 unspecified atom stereocenters. The Kier molecular flexibility index (Phi) is 6.10. The van der Waals surface area contributed by atoms with Gasteiger partial charge in [0.2, 0.25) is 0 Å². The summed E-state index contributed by atoms with van der Waals surface area (Å²) in [5, 5.41) is 4.18. The minimum absolute atomic E-state index is 0.261. The zero-order valence-corrected chi connectivity index (χ0v) is 12.9. The quantitative estimate of drug-likeness (QED) is 0.817. The van der Waals surface area contributed by atoms with Crippen molar-refractivity contribution in [2.75, 3.05) is 44.9 Å². The SMILES string of the molecule is COCCNCc1c(Cl)cccc1N1CCOC(C)C1. The van der Waals surface area contributed by atoms with Gasteiger partial charge >= 0.3 is 0 Å². The molecule has 112 valence electrons. The molecule has 5 heteroatoms. The maximum Gasteiger partial charge on any atom is 0.0722 e. The summed E-state index contributed by atoms with van der Waals surface area (Å²) >= 11 is 6.37. The number of hydrogen-bond donors (Lipinski definition) is 1. The molecule has 0 aromatic heterocycles. The molecule has 20 heavy (non-hydrogen) atoms. The van der Waals surface area contributed by atoms with Crippen LogP contribution in [0.25, 0.3) is 0 Å². The van der Waals surface area contributed by atoms with Crippen LogP contribution in [0.15, 0.2) is 18.2 Å². The van der Waals surface area contributed by atoms with Gasteiger partial charge in [0.1, 0.15) is 0 Å². The van der Waals surface area contributed by atoms with E-state index < -0.39 is 0 Å². The van der Waals surface area contributed by atoms with E-state index in [2.05, 4.69) is 23.2 Å². The monoisotopic (exact) mass is 298 g/mol. The second kappa shape index (κ2) is 7.84. The zero-order chi connectivity index (χ0) is 14.4. The van der Waals surface area contributed by atoms with Crippen LogP contribution in [0.1, 0.15) is 12.5 Å². The molecule has 1 saturated heterocycles. The number of rotatable bonds is 6. The highest BCUT2D eigenvalue weighted by atomic mass is 35.5. The van der Waals surface area contributed by atoms with Crippen LogP contribution in [0.5, 0.6) is 0 Å². The Morgan fingerprint density at radius 1 is 1.50 bits per heavy atom. The number of nitrogens with zero attached hydrogens (tertiary/aromatic N) is 1. The van der Waals surface area contributed by atoms with Gasteiger partial charge in [0, 0.05) is 49.6 Å². The van der Waals surface area contributed by atoms with E-state index in [1.165, 1.54) is 5.69 Å². The summed E-state index contributed by atoms with van der Waals surface area (Å²) in [6.45, 7) is 6.97. The Morgan fingerprint density at radius 3 is 3.10 bits per heavy atom. The smallest absolute Gasteiger partial charge is 0.0722 e. The van der Waals surface area contributed by atoms with Crippen molar-refractivity contribution in [3.05, 3.63) is 28.8 Å². The van der Waals surface area contributed by atoms with Crippen LogP contribution in [0.2, 0.25) is 5.02 Å². The molecule has 1 N–H and O–H groups in total. The lowest BCUT2D eigenvalue weighted by atomic mass is 10.1. The molecule has 0 amide bonds. The van der Waals surface area contributed by atoms with Crippen molar-refractivity contribution in [2.45, 2.75) is 19.6 Å². The Bertz CT molecular complexity index is 428. The van der Waals surface area contributed by atoms with E-state index >= 15 is 0 Å². The minimum Gasteiger partial charge on any atom is -0.383 e. The normalized spacial score (nSPS) is 19.4. The maximum absolute atomic E-state index is 6.37. The summed E-state index contributed by atoms with van der Waals surface area (Å²) in [7, 11) is 1.71. The standard InChI is InChI=1S/C15H23ClN2O2/c1-12-11-18(7-9-20-12)15-5-3-4-14(16)13(15)10-17-6-8-19-2/h3-5,12,17H,6-11H2,1-2H3. The van der Waals surface area contributed by atoms with Gasteiger partial charge in [-0.05, 0) is 19.1 Å². The predicted octanol–water partition coefficient (Wildman–Crippen LogP) is 2.30. The summed E-state index contributed by atoms with van der Waals surface area (Å²) in [6, 6.07) is 6.09. The molecule has 1 aromatic carbocycles. The number of morpholine rings is 1. The number of halogens is 1. The van der Waals surface area contributed by atoms with Gasteiger partial charge in [-0.1, -0.05) is 17.7 Å². The average molecular weight is 299 g/mol. The molecule has 0 spiro atoms. The molecule has 2 rings (SSSR count). The summed E-state index contributed by atoms with van der Waals surface area (Å²) in [5.41, 5.74) is 2.36. The van der Waals surface area contributed by atoms with Gasteiger partial charge in [0.25, 0.3) is 0 Å². The molecule has 1 heterocycles. The fraction of sp³-hybridized carbons (Fsp3) is 0.600. The first kappa shape index (κ1) is 15.6. The van der Waals surface area contributed by atoms with Crippen LogP contribution in [-0.2, 0) is 16.0 Å². The average Bonchev–Trinajstić information content (AvgIpc) is 2.45. The molecule has 0 bridgehead atoms. The van der Waals surface area contributed by atoms with E-state index in [1.807, 2.05) is 12.1 Å². The van der Waals surface area contributed by atoms with Crippen molar-refractivity contribution < 1.29 is 9.47 Å². The lowest BCUT2D eigenvalue weighted by Crippen LogP contribution is -2.41. The highest BCUT2D eigenvalue weighted by Crippen LogP contribution is 2.28. The van der Waals surface area contributed by atoms with Crippen molar-refractivity contribution >= 4 is 17.3 Å². The Morgan fingerprint density at radius 2 is 2.35 bits per heavy atom. The van der Waals surface area contributed by atoms with E-state index in [1.54, 1.807) is 7.11 Å². The zero-order valence-electron chi connectivity index (χ0n) is 12.2. The molecule has 4 nitrogen and oxygen atoms in total. The molecule has 1 aliphatic rings. The third-order valence-electron chi connectivity index (χ3n) is 3.46. The van der Waals surface area contributed by atoms with Gasteiger partial charge in [-0.2, -0.15) is 0 Å². The largest absolute Gasteiger partial charge is 0.383 e. The van der Waals surface area contributed by atoms with E-state index in [9.17, 15) is 0 Å². The number of methoxy groups -OCH3 is 1. The van der Waals surface area contributed by atoms with Crippen LogP contribution >= 0.6 is 11.6 Å². The van der Waals surface area contributed by atoms with Crippen molar-refractivity contribution in [3.63, 3.8) is 0 Å². The minimum atomic E-state index is 0.261. The van der Waals surface area contributed by atoms with Gasteiger partial charge < -0.3 is 19.7 Å². The Labute approximate surface area is 126 Å².